The third-order valence-electron chi connectivity index (χ3n) is 4.19. The van der Waals surface area contributed by atoms with Crippen LogP contribution in [0.15, 0.2) is 34.7 Å². The highest BCUT2D eigenvalue weighted by Crippen LogP contribution is 2.38. The van der Waals surface area contributed by atoms with Crippen LogP contribution in [0.1, 0.15) is 38.3 Å². The lowest BCUT2D eigenvalue weighted by Gasteiger charge is -2.27. The molecule has 0 spiro atoms. The molecule has 1 amide bonds. The summed E-state index contributed by atoms with van der Waals surface area (Å²) in [6.45, 7) is 1.87. The number of amides is 1. The number of carboxylic acids is 1. The fourth-order valence-electron chi connectivity index (χ4n) is 2.94. The Labute approximate surface area is 144 Å². The number of aryl methyl sites for hydroxylation is 2. The first-order valence-corrected chi connectivity index (χ1v) is 8.79. The Balaban J connectivity index is 1.76. The number of benzene rings is 1. The number of nitrogens with zero attached hydrogens (tertiary/aromatic N) is 1. The highest BCUT2D eigenvalue weighted by atomic mass is 32.2. The van der Waals surface area contributed by atoms with Gasteiger partial charge in [-0.15, -0.1) is 11.8 Å². The normalized spacial score (nSPS) is 16.5. The molecule has 6 heteroatoms. The van der Waals surface area contributed by atoms with Gasteiger partial charge >= 0.3 is 5.97 Å². The predicted molar refractivity (Wildman–Crippen MR) is 92.2 cm³/mol. The molecule has 1 aliphatic rings. The average Bonchev–Trinajstić information content (AvgIpc) is 2.94. The Kier molecular flexibility index (Phi) is 4.66. The van der Waals surface area contributed by atoms with Gasteiger partial charge in [-0.3, -0.25) is 4.79 Å². The summed E-state index contributed by atoms with van der Waals surface area (Å²) in [7, 11) is 1.72. The van der Waals surface area contributed by atoms with Crippen molar-refractivity contribution >= 4 is 23.6 Å². The predicted octanol–water partition coefficient (Wildman–Crippen LogP) is 3.28. The number of furan rings is 1. The van der Waals surface area contributed by atoms with Crippen molar-refractivity contribution in [2.75, 3.05) is 12.8 Å². The third-order valence-corrected chi connectivity index (χ3v) is 5.41. The molecule has 126 valence electrons. The molecule has 1 N–H and O–H groups in total. The van der Waals surface area contributed by atoms with E-state index in [0.717, 1.165) is 17.7 Å². The van der Waals surface area contributed by atoms with Crippen LogP contribution in [0.3, 0.4) is 0 Å². The first-order chi connectivity index (χ1) is 11.5. The fourth-order valence-corrected chi connectivity index (χ4v) is 4.25. The lowest BCUT2D eigenvalue weighted by atomic mass is 10.0. The zero-order chi connectivity index (χ0) is 17.3. The number of thioether (sulfide) groups is 1. The zero-order valence-electron chi connectivity index (χ0n) is 13.6. The molecule has 0 saturated heterocycles. The van der Waals surface area contributed by atoms with Crippen LogP contribution < -0.4 is 0 Å². The number of carboxylic acid groups (broad SMARTS) is 1. The van der Waals surface area contributed by atoms with E-state index in [9.17, 15) is 9.59 Å². The van der Waals surface area contributed by atoms with Gasteiger partial charge in [-0.05, 0) is 36.3 Å². The van der Waals surface area contributed by atoms with Gasteiger partial charge in [0.2, 0.25) is 5.91 Å². The van der Waals surface area contributed by atoms with Crippen molar-refractivity contribution in [3.63, 3.8) is 0 Å². The number of hydrogen-bond donors (Lipinski definition) is 1. The number of carbonyl (C=O) groups excluding carboxylic acids is 1. The van der Waals surface area contributed by atoms with Crippen molar-refractivity contribution in [1.29, 1.82) is 0 Å². The van der Waals surface area contributed by atoms with E-state index in [0.29, 0.717) is 11.5 Å². The molecule has 0 fully saturated rings. The molecule has 0 radical (unpaired) electrons. The Morgan fingerprint density at radius 3 is 2.83 bits per heavy atom. The van der Waals surface area contributed by atoms with E-state index in [4.69, 9.17) is 9.52 Å². The smallest absolute Gasteiger partial charge is 0.339 e. The van der Waals surface area contributed by atoms with Crippen LogP contribution in [-0.2, 0) is 17.8 Å². The molecule has 24 heavy (non-hydrogen) atoms. The second-order valence-electron chi connectivity index (χ2n) is 5.88. The third kappa shape index (κ3) is 3.19. The van der Waals surface area contributed by atoms with Crippen LogP contribution in [0.4, 0.5) is 0 Å². The topological polar surface area (TPSA) is 70.8 Å². The minimum atomic E-state index is -1.02. The van der Waals surface area contributed by atoms with Gasteiger partial charge in [0.05, 0.1) is 6.54 Å². The van der Waals surface area contributed by atoms with E-state index in [1.54, 1.807) is 30.6 Å². The largest absolute Gasteiger partial charge is 0.478 e. The maximum absolute atomic E-state index is 12.8. The molecule has 2 heterocycles. The van der Waals surface area contributed by atoms with Crippen molar-refractivity contribution in [2.24, 2.45) is 0 Å². The van der Waals surface area contributed by atoms with E-state index >= 15 is 0 Å². The summed E-state index contributed by atoms with van der Waals surface area (Å²) < 4.78 is 5.47. The number of likely N-dealkylation sites (N-methyl/N-ethyl adjacent to an activating group) is 1. The van der Waals surface area contributed by atoms with Gasteiger partial charge in [0.25, 0.3) is 0 Å². The molecular formula is C18H19NO4S. The van der Waals surface area contributed by atoms with Gasteiger partial charge in [0.1, 0.15) is 22.3 Å². The van der Waals surface area contributed by atoms with Crippen LogP contribution in [0, 0.1) is 6.92 Å². The number of aromatic carboxylic acids is 1. The summed E-state index contributed by atoms with van der Waals surface area (Å²) in [5.74, 6) is 0.751. The summed E-state index contributed by atoms with van der Waals surface area (Å²) in [6, 6.07) is 9.53. The summed E-state index contributed by atoms with van der Waals surface area (Å²) >= 11 is 1.65. The van der Waals surface area contributed by atoms with Gasteiger partial charge in [0.15, 0.2) is 0 Å². The minimum Gasteiger partial charge on any atom is -0.478 e. The maximum Gasteiger partial charge on any atom is 0.339 e. The zero-order valence-corrected chi connectivity index (χ0v) is 14.4. The van der Waals surface area contributed by atoms with E-state index in [1.807, 2.05) is 18.2 Å². The lowest BCUT2D eigenvalue weighted by Crippen LogP contribution is -2.31. The number of carbonyl (C=O) groups is 2. The quantitative estimate of drug-likeness (QED) is 0.921. The highest BCUT2D eigenvalue weighted by molar-refractivity contribution is 8.00. The van der Waals surface area contributed by atoms with Crippen LogP contribution in [0.25, 0.3) is 0 Å². The molecule has 0 bridgehead atoms. The molecule has 1 aromatic heterocycles. The highest BCUT2D eigenvalue weighted by Gasteiger charge is 2.29. The molecule has 2 aromatic rings. The van der Waals surface area contributed by atoms with Gasteiger partial charge < -0.3 is 14.4 Å². The Hall–Kier alpha value is -2.21. The fraction of sp³-hybridized carbons (Fsp3) is 0.333. The van der Waals surface area contributed by atoms with E-state index in [1.165, 1.54) is 11.6 Å². The monoisotopic (exact) mass is 345 g/mol. The summed E-state index contributed by atoms with van der Waals surface area (Å²) in [4.78, 5) is 25.5. The summed E-state index contributed by atoms with van der Waals surface area (Å²) in [5, 5.41) is 8.88. The number of fused-ring (bicyclic) bond motifs is 1. The molecule has 1 atom stereocenters. The van der Waals surface area contributed by atoms with E-state index < -0.39 is 5.97 Å². The van der Waals surface area contributed by atoms with E-state index in [2.05, 4.69) is 6.07 Å². The van der Waals surface area contributed by atoms with Gasteiger partial charge in [0, 0.05) is 7.05 Å². The SMILES string of the molecule is Cc1oc(CN(C)C(=O)[C@H]2SCCc3ccccc32)cc1C(=O)O. The van der Waals surface area contributed by atoms with Crippen molar-refractivity contribution < 1.29 is 19.1 Å². The van der Waals surface area contributed by atoms with E-state index in [-0.39, 0.29) is 23.3 Å². The first-order valence-electron chi connectivity index (χ1n) is 7.74. The van der Waals surface area contributed by atoms with Crippen LogP contribution >= 0.6 is 11.8 Å². The Morgan fingerprint density at radius 1 is 1.38 bits per heavy atom. The van der Waals surface area contributed by atoms with Crippen molar-refractivity contribution in [2.45, 2.75) is 25.1 Å². The molecule has 1 aromatic carbocycles. The molecule has 0 saturated carbocycles. The number of rotatable bonds is 4. The first kappa shape index (κ1) is 16.6. The lowest BCUT2D eigenvalue weighted by molar-refractivity contribution is -0.130. The summed E-state index contributed by atoms with van der Waals surface area (Å²) in [5.41, 5.74) is 2.45. The van der Waals surface area contributed by atoms with Gasteiger partial charge in [-0.1, -0.05) is 24.3 Å². The second kappa shape index (κ2) is 6.73. The molecule has 0 aliphatic carbocycles. The van der Waals surface area contributed by atoms with Crippen molar-refractivity contribution in [3.05, 3.63) is 58.5 Å². The molecule has 1 aliphatic heterocycles. The molecule has 0 unspecified atom stereocenters. The Bertz CT molecular complexity index is 783. The molecular weight excluding hydrogens is 326 g/mol. The van der Waals surface area contributed by atoms with Crippen LogP contribution in [0.5, 0.6) is 0 Å². The Morgan fingerprint density at radius 2 is 2.12 bits per heavy atom. The molecule has 5 nitrogen and oxygen atoms in total. The van der Waals surface area contributed by atoms with Crippen LogP contribution in [0.2, 0.25) is 0 Å². The average molecular weight is 345 g/mol. The minimum absolute atomic E-state index is 0.0121. The van der Waals surface area contributed by atoms with Crippen molar-refractivity contribution in [1.82, 2.24) is 4.90 Å². The molecule has 3 rings (SSSR count). The van der Waals surface area contributed by atoms with Gasteiger partial charge in [-0.2, -0.15) is 0 Å². The number of hydrogen-bond acceptors (Lipinski definition) is 4. The standard InChI is InChI=1S/C18H19NO4S/c1-11-15(18(21)22)9-13(23-11)10-19(2)17(20)16-14-6-4-3-5-12(14)7-8-24-16/h3-6,9,16H,7-8,10H2,1-2H3,(H,21,22)/t16-/m0/s1. The maximum atomic E-state index is 12.8. The summed E-state index contributed by atoms with van der Waals surface area (Å²) in [6.07, 6.45) is 0.980. The van der Waals surface area contributed by atoms with Gasteiger partial charge in [-0.25, -0.2) is 4.79 Å². The van der Waals surface area contributed by atoms with Crippen LogP contribution in [-0.4, -0.2) is 34.7 Å². The second-order valence-corrected chi connectivity index (χ2v) is 7.09. The van der Waals surface area contributed by atoms with Crippen molar-refractivity contribution in [3.8, 4) is 0 Å².